The van der Waals surface area contributed by atoms with Crippen molar-refractivity contribution in [3.63, 3.8) is 0 Å². The van der Waals surface area contributed by atoms with Crippen molar-refractivity contribution in [3.05, 3.63) is 29.1 Å². The maximum atomic E-state index is 11.8. The van der Waals surface area contributed by atoms with E-state index in [4.69, 9.17) is 4.74 Å². The molecular weight excluding hydrogens is 304 g/mol. The molecule has 0 saturated heterocycles. The van der Waals surface area contributed by atoms with Crippen molar-refractivity contribution < 1.29 is 19.4 Å². The minimum Gasteiger partial charge on any atom is -0.497 e. The van der Waals surface area contributed by atoms with E-state index in [1.807, 2.05) is 0 Å². The van der Waals surface area contributed by atoms with Crippen molar-refractivity contribution in [2.45, 2.75) is 12.8 Å². The van der Waals surface area contributed by atoms with Crippen molar-refractivity contribution in [2.24, 2.45) is 5.92 Å². The van der Waals surface area contributed by atoms with E-state index < -0.39 is 5.97 Å². The highest BCUT2D eigenvalue weighted by Crippen LogP contribution is 2.34. The van der Waals surface area contributed by atoms with Crippen LogP contribution < -0.4 is 10.1 Å². The summed E-state index contributed by atoms with van der Waals surface area (Å²) in [6.45, 7) is 0. The summed E-state index contributed by atoms with van der Waals surface area (Å²) in [5, 5.41) is 12.3. The SMILES string of the molecule is COc1ccc(-c2nc(NC(=O)C3CC3)sc2C(=O)O)cc1. The number of methoxy groups -OCH3 is 1. The normalized spacial score (nSPS) is 13.7. The summed E-state index contributed by atoms with van der Waals surface area (Å²) in [7, 11) is 1.56. The van der Waals surface area contributed by atoms with Gasteiger partial charge in [-0.25, -0.2) is 9.78 Å². The fourth-order valence-electron chi connectivity index (χ4n) is 2.02. The van der Waals surface area contributed by atoms with Gasteiger partial charge < -0.3 is 15.2 Å². The number of hydrogen-bond donors (Lipinski definition) is 2. The Hall–Kier alpha value is -2.41. The molecule has 2 aromatic rings. The molecule has 114 valence electrons. The fourth-order valence-corrected chi connectivity index (χ4v) is 2.85. The molecule has 2 N–H and O–H groups in total. The summed E-state index contributed by atoms with van der Waals surface area (Å²) in [6.07, 6.45) is 1.77. The molecule has 1 saturated carbocycles. The minimum absolute atomic E-state index is 0.0432. The molecule has 1 aromatic carbocycles. The van der Waals surface area contributed by atoms with Crippen LogP contribution in [0.1, 0.15) is 22.5 Å². The Morgan fingerprint density at radius 3 is 2.55 bits per heavy atom. The molecule has 0 aliphatic heterocycles. The highest BCUT2D eigenvalue weighted by molar-refractivity contribution is 7.18. The molecule has 1 heterocycles. The Balaban J connectivity index is 1.92. The minimum atomic E-state index is -1.06. The van der Waals surface area contributed by atoms with E-state index in [0.717, 1.165) is 24.2 Å². The summed E-state index contributed by atoms with van der Waals surface area (Å²) in [5.41, 5.74) is 1.02. The Morgan fingerprint density at radius 1 is 1.32 bits per heavy atom. The van der Waals surface area contributed by atoms with E-state index in [9.17, 15) is 14.7 Å². The molecule has 6 nitrogen and oxygen atoms in total. The van der Waals surface area contributed by atoms with E-state index >= 15 is 0 Å². The third kappa shape index (κ3) is 2.94. The quantitative estimate of drug-likeness (QED) is 0.885. The van der Waals surface area contributed by atoms with Crippen LogP contribution in [0.3, 0.4) is 0 Å². The second kappa shape index (κ2) is 5.76. The van der Waals surface area contributed by atoms with Crippen molar-refractivity contribution in [2.75, 3.05) is 12.4 Å². The lowest BCUT2D eigenvalue weighted by atomic mass is 10.1. The fraction of sp³-hybridized carbons (Fsp3) is 0.267. The number of carboxylic acid groups (broad SMARTS) is 1. The van der Waals surface area contributed by atoms with Gasteiger partial charge in [-0.05, 0) is 37.1 Å². The van der Waals surface area contributed by atoms with Crippen LogP contribution in [0.5, 0.6) is 5.75 Å². The molecule has 1 amide bonds. The molecule has 0 bridgehead atoms. The van der Waals surface area contributed by atoms with Gasteiger partial charge in [0.25, 0.3) is 0 Å². The van der Waals surface area contributed by atoms with Crippen LogP contribution in [-0.4, -0.2) is 29.1 Å². The molecule has 1 aromatic heterocycles. The number of nitrogens with one attached hydrogen (secondary N) is 1. The first-order valence-electron chi connectivity index (χ1n) is 6.78. The zero-order valence-corrected chi connectivity index (χ0v) is 12.6. The van der Waals surface area contributed by atoms with Gasteiger partial charge in [-0.15, -0.1) is 0 Å². The zero-order valence-electron chi connectivity index (χ0n) is 11.8. The first kappa shape index (κ1) is 14.5. The lowest BCUT2D eigenvalue weighted by Crippen LogP contribution is -2.12. The van der Waals surface area contributed by atoms with Crippen molar-refractivity contribution >= 4 is 28.3 Å². The number of rotatable bonds is 5. The third-order valence-corrected chi connectivity index (χ3v) is 4.32. The molecule has 0 radical (unpaired) electrons. The summed E-state index contributed by atoms with van der Waals surface area (Å²) in [4.78, 5) is 27.6. The molecule has 1 aliphatic rings. The number of ether oxygens (including phenoxy) is 1. The van der Waals surface area contributed by atoms with Gasteiger partial charge in [0.05, 0.1) is 12.8 Å². The number of amides is 1. The molecule has 0 atom stereocenters. The number of hydrogen-bond acceptors (Lipinski definition) is 5. The molecule has 22 heavy (non-hydrogen) atoms. The van der Waals surface area contributed by atoms with Crippen molar-refractivity contribution in [1.82, 2.24) is 4.98 Å². The Bertz CT molecular complexity index is 720. The van der Waals surface area contributed by atoms with E-state index in [-0.39, 0.29) is 16.7 Å². The van der Waals surface area contributed by atoms with Gasteiger partial charge >= 0.3 is 5.97 Å². The summed E-state index contributed by atoms with van der Waals surface area (Å²) in [5.74, 6) is -0.429. The largest absolute Gasteiger partial charge is 0.497 e. The average molecular weight is 318 g/mol. The van der Waals surface area contributed by atoms with Gasteiger partial charge in [0.2, 0.25) is 5.91 Å². The van der Waals surface area contributed by atoms with E-state index in [1.165, 1.54) is 0 Å². The van der Waals surface area contributed by atoms with E-state index in [2.05, 4.69) is 10.3 Å². The number of benzene rings is 1. The average Bonchev–Trinajstić information content (AvgIpc) is 3.28. The van der Waals surface area contributed by atoms with Crippen LogP contribution in [0.25, 0.3) is 11.3 Å². The second-order valence-electron chi connectivity index (χ2n) is 4.99. The number of anilines is 1. The van der Waals surface area contributed by atoms with Gasteiger partial charge in [0.15, 0.2) is 5.13 Å². The third-order valence-electron chi connectivity index (χ3n) is 3.36. The Kier molecular flexibility index (Phi) is 3.81. The van der Waals surface area contributed by atoms with E-state index in [1.54, 1.807) is 31.4 Å². The number of thiazole rings is 1. The lowest BCUT2D eigenvalue weighted by molar-refractivity contribution is -0.117. The lowest BCUT2D eigenvalue weighted by Gasteiger charge is -2.02. The standard InChI is InChI=1S/C15H14N2O4S/c1-21-10-6-4-8(5-7-10)11-12(14(19)20)22-15(16-11)17-13(18)9-2-3-9/h4-7,9H,2-3H2,1H3,(H,19,20)(H,16,17,18). The predicted molar refractivity (Wildman–Crippen MR) is 82.4 cm³/mol. The van der Waals surface area contributed by atoms with Crippen molar-refractivity contribution in [3.8, 4) is 17.0 Å². The van der Waals surface area contributed by atoms with E-state index in [0.29, 0.717) is 22.1 Å². The number of aromatic carboxylic acids is 1. The topological polar surface area (TPSA) is 88.5 Å². The highest BCUT2D eigenvalue weighted by Gasteiger charge is 2.30. The smallest absolute Gasteiger partial charge is 0.348 e. The first-order chi connectivity index (χ1) is 10.6. The predicted octanol–water partition coefficient (Wildman–Crippen LogP) is 2.87. The molecule has 0 spiro atoms. The van der Waals surface area contributed by atoms with Crippen LogP contribution in [0.4, 0.5) is 5.13 Å². The van der Waals surface area contributed by atoms with Crippen LogP contribution in [0, 0.1) is 5.92 Å². The maximum Gasteiger partial charge on any atom is 0.348 e. The first-order valence-corrected chi connectivity index (χ1v) is 7.59. The van der Waals surface area contributed by atoms with Crippen LogP contribution in [0.2, 0.25) is 0 Å². The highest BCUT2D eigenvalue weighted by atomic mass is 32.1. The number of carbonyl (C=O) groups is 2. The number of carboxylic acids is 1. The molecular formula is C15H14N2O4S. The van der Waals surface area contributed by atoms with Gasteiger partial charge in [0.1, 0.15) is 10.6 Å². The van der Waals surface area contributed by atoms with Gasteiger partial charge in [0, 0.05) is 11.5 Å². The summed E-state index contributed by atoms with van der Waals surface area (Å²) >= 11 is 0.972. The van der Waals surface area contributed by atoms with Gasteiger partial charge in [-0.2, -0.15) is 0 Å². The van der Waals surface area contributed by atoms with Gasteiger partial charge in [-0.1, -0.05) is 11.3 Å². The van der Waals surface area contributed by atoms with Crippen molar-refractivity contribution in [1.29, 1.82) is 0 Å². The Morgan fingerprint density at radius 2 is 2.00 bits per heavy atom. The monoisotopic (exact) mass is 318 g/mol. The summed E-state index contributed by atoms with van der Waals surface area (Å²) in [6, 6.07) is 6.96. The zero-order chi connectivity index (χ0) is 15.7. The number of aromatic nitrogens is 1. The second-order valence-corrected chi connectivity index (χ2v) is 5.99. The summed E-state index contributed by atoms with van der Waals surface area (Å²) < 4.78 is 5.08. The number of nitrogens with zero attached hydrogens (tertiary/aromatic N) is 1. The van der Waals surface area contributed by atoms with Gasteiger partial charge in [-0.3, -0.25) is 4.79 Å². The molecule has 1 aliphatic carbocycles. The molecule has 7 heteroatoms. The maximum absolute atomic E-state index is 11.8. The van der Waals surface area contributed by atoms with Crippen LogP contribution >= 0.6 is 11.3 Å². The number of carbonyl (C=O) groups excluding carboxylic acids is 1. The Labute approximate surface area is 130 Å². The molecule has 0 unspecified atom stereocenters. The molecule has 3 rings (SSSR count). The molecule has 1 fully saturated rings. The van der Waals surface area contributed by atoms with Crippen LogP contribution in [-0.2, 0) is 4.79 Å². The van der Waals surface area contributed by atoms with Crippen LogP contribution in [0.15, 0.2) is 24.3 Å².